The Hall–Kier alpha value is -0.250. The number of hydrogen-bond donors (Lipinski definition) is 0. The van der Waals surface area contributed by atoms with E-state index in [0.717, 1.165) is 16.8 Å². The van der Waals surface area contributed by atoms with Crippen LogP contribution in [0, 0.1) is 0 Å². The molecule has 78 valence electrons. The highest BCUT2D eigenvalue weighted by atomic mass is 127. The maximum absolute atomic E-state index is 5.52. The lowest BCUT2D eigenvalue weighted by Crippen LogP contribution is -2.10. The first-order valence-electron chi connectivity index (χ1n) is 4.83. The molecule has 0 unspecified atom stereocenters. The van der Waals surface area contributed by atoms with Crippen molar-refractivity contribution in [1.82, 2.24) is 0 Å². The molecule has 0 aliphatic carbocycles. The summed E-state index contributed by atoms with van der Waals surface area (Å²) in [6.07, 6.45) is 0. The van der Waals surface area contributed by atoms with Gasteiger partial charge >= 0.3 is 0 Å². The Bertz CT molecular complexity index is 271. The van der Waals surface area contributed by atoms with Gasteiger partial charge in [0.25, 0.3) is 0 Å². The fraction of sp³-hybridized carbons (Fsp3) is 0.500. The Morgan fingerprint density at radius 2 is 1.71 bits per heavy atom. The predicted octanol–water partition coefficient (Wildman–Crippen LogP) is 3.80. The minimum absolute atomic E-state index is 0.224. The molecule has 0 aromatic heterocycles. The molecular formula is C12H17IO. The molecule has 0 heterocycles. The van der Waals surface area contributed by atoms with Crippen molar-refractivity contribution in [3.05, 3.63) is 29.8 Å². The fourth-order valence-electron chi connectivity index (χ4n) is 1.21. The zero-order valence-electron chi connectivity index (χ0n) is 9.01. The van der Waals surface area contributed by atoms with Gasteiger partial charge in [0, 0.05) is 4.43 Å². The van der Waals surface area contributed by atoms with Gasteiger partial charge in [0.2, 0.25) is 0 Å². The van der Waals surface area contributed by atoms with E-state index in [0.29, 0.717) is 0 Å². The van der Waals surface area contributed by atoms with Crippen molar-refractivity contribution < 1.29 is 4.74 Å². The second-order valence-corrected chi connectivity index (χ2v) is 5.39. The highest BCUT2D eigenvalue weighted by molar-refractivity contribution is 14.1. The third-order valence-corrected chi connectivity index (χ3v) is 2.51. The number of rotatable bonds is 3. The number of halogens is 1. The first-order valence-corrected chi connectivity index (χ1v) is 6.36. The van der Waals surface area contributed by atoms with E-state index in [2.05, 4.69) is 55.5 Å². The van der Waals surface area contributed by atoms with Crippen molar-refractivity contribution in [2.75, 3.05) is 11.0 Å². The summed E-state index contributed by atoms with van der Waals surface area (Å²) in [6.45, 7) is 7.44. The highest BCUT2D eigenvalue weighted by Crippen LogP contribution is 2.24. The number of benzene rings is 1. The van der Waals surface area contributed by atoms with Crippen LogP contribution in [0.3, 0.4) is 0 Å². The summed E-state index contributed by atoms with van der Waals surface area (Å²) in [7, 11) is 0. The number of alkyl halides is 1. The number of ether oxygens (including phenoxy) is 1. The van der Waals surface area contributed by atoms with Crippen molar-refractivity contribution in [1.29, 1.82) is 0 Å². The molecule has 0 bridgehead atoms. The van der Waals surface area contributed by atoms with Gasteiger partial charge in [-0.3, -0.25) is 0 Å². The van der Waals surface area contributed by atoms with Crippen LogP contribution in [0.2, 0.25) is 0 Å². The van der Waals surface area contributed by atoms with Gasteiger partial charge in [0.1, 0.15) is 5.75 Å². The van der Waals surface area contributed by atoms with Crippen LogP contribution in [0.4, 0.5) is 0 Å². The standard InChI is InChI=1S/C12H17IO/c1-12(2,3)10-4-6-11(7-5-10)14-9-8-13/h4-7H,8-9H2,1-3H3. The summed E-state index contributed by atoms with van der Waals surface area (Å²) in [6, 6.07) is 8.38. The zero-order valence-corrected chi connectivity index (χ0v) is 11.2. The number of hydrogen-bond acceptors (Lipinski definition) is 1. The summed E-state index contributed by atoms with van der Waals surface area (Å²) in [5.41, 5.74) is 1.57. The summed E-state index contributed by atoms with van der Waals surface area (Å²) in [5.74, 6) is 0.967. The van der Waals surface area contributed by atoms with E-state index in [1.165, 1.54) is 5.56 Å². The molecule has 0 fully saturated rings. The third kappa shape index (κ3) is 3.48. The lowest BCUT2D eigenvalue weighted by Gasteiger charge is -2.19. The van der Waals surface area contributed by atoms with Crippen LogP contribution in [0.5, 0.6) is 5.75 Å². The Labute approximate surface area is 100.0 Å². The molecular weight excluding hydrogens is 287 g/mol. The quantitative estimate of drug-likeness (QED) is 0.610. The van der Waals surface area contributed by atoms with Crippen LogP contribution in [-0.4, -0.2) is 11.0 Å². The zero-order chi connectivity index (χ0) is 10.6. The molecule has 0 atom stereocenters. The van der Waals surface area contributed by atoms with E-state index in [1.54, 1.807) is 0 Å². The molecule has 0 amide bonds. The molecule has 1 aromatic rings. The molecule has 0 spiro atoms. The third-order valence-electron chi connectivity index (χ3n) is 2.07. The van der Waals surface area contributed by atoms with E-state index >= 15 is 0 Å². The van der Waals surface area contributed by atoms with Crippen LogP contribution in [0.25, 0.3) is 0 Å². The Morgan fingerprint density at radius 3 is 2.14 bits per heavy atom. The summed E-state index contributed by atoms with van der Waals surface area (Å²) >= 11 is 2.31. The molecule has 2 heteroatoms. The van der Waals surface area contributed by atoms with E-state index < -0.39 is 0 Å². The Balaban J connectivity index is 2.69. The van der Waals surface area contributed by atoms with E-state index in [4.69, 9.17) is 4.74 Å². The average Bonchev–Trinajstić information content (AvgIpc) is 2.14. The van der Waals surface area contributed by atoms with Gasteiger partial charge in [-0.25, -0.2) is 0 Å². The monoisotopic (exact) mass is 304 g/mol. The molecule has 0 radical (unpaired) electrons. The summed E-state index contributed by atoms with van der Waals surface area (Å²) < 4.78 is 6.54. The smallest absolute Gasteiger partial charge is 0.119 e. The maximum atomic E-state index is 5.52. The van der Waals surface area contributed by atoms with Crippen molar-refractivity contribution in [3.63, 3.8) is 0 Å². The molecule has 14 heavy (non-hydrogen) atoms. The normalized spacial score (nSPS) is 11.4. The Kier molecular flexibility index (Phi) is 4.23. The molecule has 0 saturated heterocycles. The highest BCUT2D eigenvalue weighted by Gasteiger charge is 2.12. The van der Waals surface area contributed by atoms with E-state index in [9.17, 15) is 0 Å². The lowest BCUT2D eigenvalue weighted by molar-refractivity contribution is 0.346. The molecule has 0 N–H and O–H groups in total. The van der Waals surface area contributed by atoms with Gasteiger partial charge in [-0.15, -0.1) is 0 Å². The van der Waals surface area contributed by atoms with Crippen LogP contribution < -0.4 is 4.74 Å². The van der Waals surface area contributed by atoms with Crippen LogP contribution in [0.15, 0.2) is 24.3 Å². The lowest BCUT2D eigenvalue weighted by atomic mass is 9.87. The minimum Gasteiger partial charge on any atom is -0.493 e. The largest absolute Gasteiger partial charge is 0.493 e. The second kappa shape index (κ2) is 5.01. The van der Waals surface area contributed by atoms with Gasteiger partial charge in [0.15, 0.2) is 0 Å². The van der Waals surface area contributed by atoms with Gasteiger partial charge in [-0.05, 0) is 23.1 Å². The van der Waals surface area contributed by atoms with E-state index in [-0.39, 0.29) is 5.41 Å². The molecule has 1 rings (SSSR count). The summed E-state index contributed by atoms with van der Waals surface area (Å²) in [5, 5.41) is 0. The van der Waals surface area contributed by atoms with Crippen LogP contribution in [0.1, 0.15) is 26.3 Å². The van der Waals surface area contributed by atoms with Gasteiger partial charge in [-0.1, -0.05) is 55.5 Å². The predicted molar refractivity (Wildman–Crippen MR) is 69.5 cm³/mol. The SMILES string of the molecule is CC(C)(C)c1ccc(OCCI)cc1. The average molecular weight is 304 g/mol. The fourth-order valence-corrected chi connectivity index (χ4v) is 1.43. The first-order chi connectivity index (χ1) is 6.54. The molecule has 0 aliphatic heterocycles. The van der Waals surface area contributed by atoms with Gasteiger partial charge in [0.05, 0.1) is 6.61 Å². The topological polar surface area (TPSA) is 9.23 Å². The summed E-state index contributed by atoms with van der Waals surface area (Å²) in [4.78, 5) is 0. The van der Waals surface area contributed by atoms with Crippen molar-refractivity contribution in [2.45, 2.75) is 26.2 Å². The minimum atomic E-state index is 0.224. The van der Waals surface area contributed by atoms with Crippen LogP contribution in [-0.2, 0) is 5.41 Å². The second-order valence-electron chi connectivity index (χ2n) is 4.31. The van der Waals surface area contributed by atoms with Crippen molar-refractivity contribution in [2.24, 2.45) is 0 Å². The van der Waals surface area contributed by atoms with Crippen molar-refractivity contribution in [3.8, 4) is 5.75 Å². The van der Waals surface area contributed by atoms with Crippen molar-refractivity contribution >= 4 is 22.6 Å². The van der Waals surface area contributed by atoms with Gasteiger partial charge in [-0.2, -0.15) is 0 Å². The molecule has 0 saturated carbocycles. The first kappa shape index (κ1) is 11.8. The molecule has 1 nitrogen and oxygen atoms in total. The maximum Gasteiger partial charge on any atom is 0.119 e. The molecule has 1 aromatic carbocycles. The Morgan fingerprint density at radius 1 is 1.14 bits per heavy atom. The van der Waals surface area contributed by atoms with Gasteiger partial charge < -0.3 is 4.74 Å². The van der Waals surface area contributed by atoms with E-state index in [1.807, 2.05) is 12.1 Å². The molecule has 0 aliphatic rings. The van der Waals surface area contributed by atoms with Crippen LogP contribution >= 0.6 is 22.6 Å².